The largest absolute Gasteiger partial charge is 0.417 e. The summed E-state index contributed by atoms with van der Waals surface area (Å²) in [6.45, 7) is 7.37. The Bertz CT molecular complexity index is 1100. The van der Waals surface area contributed by atoms with E-state index in [-0.39, 0.29) is 11.6 Å². The van der Waals surface area contributed by atoms with E-state index in [1.807, 2.05) is 25.5 Å². The Morgan fingerprint density at radius 2 is 1.88 bits per heavy atom. The third-order valence-electron chi connectivity index (χ3n) is 5.34. The molecule has 1 aliphatic rings. The van der Waals surface area contributed by atoms with Crippen molar-refractivity contribution < 1.29 is 26.4 Å². The number of hydrogen-bond acceptors (Lipinski definition) is 4. The number of halogens is 3. The van der Waals surface area contributed by atoms with Crippen molar-refractivity contribution in [2.45, 2.75) is 75.7 Å². The van der Waals surface area contributed by atoms with Gasteiger partial charge in [-0.1, -0.05) is 12.1 Å². The topological polar surface area (TPSA) is 93.1 Å². The molecule has 1 aromatic carbocycles. The van der Waals surface area contributed by atoms with Crippen LogP contribution in [0.2, 0.25) is 0 Å². The molecule has 0 saturated heterocycles. The Morgan fingerprint density at radius 1 is 1.22 bits per heavy atom. The highest BCUT2D eigenvalue weighted by molar-refractivity contribution is 7.89. The standard InChI is InChI=1S/C21H27F3N4O3S/c1-13(27-32(30,31)18-11-6-5-8-15(18)21(22,23)24)19(29)26-16-9-7-10-17-14(16)12-25-28(17)20(2,3)4/h5-6,8,11-13,16,27H,7,9-10H2,1-4H3,(H,26,29)/t13-,16?/m0/s1. The van der Waals surface area contributed by atoms with Crippen LogP contribution < -0.4 is 10.0 Å². The van der Waals surface area contributed by atoms with Gasteiger partial charge in [0.1, 0.15) is 0 Å². The summed E-state index contributed by atoms with van der Waals surface area (Å²) in [7, 11) is -4.58. The van der Waals surface area contributed by atoms with E-state index in [4.69, 9.17) is 0 Å². The van der Waals surface area contributed by atoms with Gasteiger partial charge >= 0.3 is 6.18 Å². The first-order valence-corrected chi connectivity index (χ1v) is 11.8. The number of carbonyl (C=O) groups is 1. The van der Waals surface area contributed by atoms with Crippen molar-refractivity contribution in [2.75, 3.05) is 0 Å². The molecule has 0 bridgehead atoms. The fourth-order valence-corrected chi connectivity index (χ4v) is 5.30. The molecule has 2 atom stereocenters. The van der Waals surface area contributed by atoms with E-state index in [1.165, 1.54) is 13.0 Å². The number of benzene rings is 1. The molecule has 176 valence electrons. The minimum atomic E-state index is -4.84. The Morgan fingerprint density at radius 3 is 2.50 bits per heavy atom. The van der Waals surface area contributed by atoms with Gasteiger partial charge in [-0.25, -0.2) is 8.42 Å². The maximum absolute atomic E-state index is 13.2. The maximum atomic E-state index is 13.2. The van der Waals surface area contributed by atoms with Crippen LogP contribution in [0.3, 0.4) is 0 Å². The number of carbonyl (C=O) groups excluding carboxylic acids is 1. The van der Waals surface area contributed by atoms with Gasteiger partial charge in [0.25, 0.3) is 0 Å². The number of nitrogens with one attached hydrogen (secondary N) is 2. The molecular formula is C21H27F3N4O3S. The third kappa shape index (κ3) is 4.98. The summed E-state index contributed by atoms with van der Waals surface area (Å²) in [5.74, 6) is -0.626. The molecule has 7 nitrogen and oxygen atoms in total. The minimum Gasteiger partial charge on any atom is -0.348 e. The fraction of sp³-hybridized carbons (Fsp3) is 0.524. The van der Waals surface area contributed by atoms with Gasteiger partial charge in [-0.05, 0) is 59.1 Å². The lowest BCUT2D eigenvalue weighted by Gasteiger charge is -2.29. The number of alkyl halides is 3. The highest BCUT2D eigenvalue weighted by Crippen LogP contribution is 2.34. The molecule has 0 saturated carbocycles. The average Bonchev–Trinajstić information content (AvgIpc) is 3.12. The lowest BCUT2D eigenvalue weighted by molar-refractivity contribution is -0.139. The van der Waals surface area contributed by atoms with Gasteiger partial charge < -0.3 is 5.32 Å². The molecule has 1 amide bonds. The SMILES string of the molecule is C[C@H](NS(=O)(=O)c1ccccc1C(F)(F)F)C(=O)NC1CCCc2c1cnn2C(C)(C)C. The van der Waals surface area contributed by atoms with Crippen LogP contribution >= 0.6 is 0 Å². The molecule has 11 heteroatoms. The van der Waals surface area contributed by atoms with Crippen molar-refractivity contribution in [3.05, 3.63) is 47.3 Å². The Kier molecular flexibility index (Phi) is 6.45. The zero-order valence-electron chi connectivity index (χ0n) is 18.3. The average molecular weight is 473 g/mol. The second-order valence-corrected chi connectivity index (χ2v) is 10.6. The lowest BCUT2D eigenvalue weighted by atomic mass is 9.92. The summed E-state index contributed by atoms with van der Waals surface area (Å²) < 4.78 is 68.9. The van der Waals surface area contributed by atoms with Crippen molar-refractivity contribution in [1.29, 1.82) is 0 Å². The first-order chi connectivity index (χ1) is 14.7. The summed E-state index contributed by atoms with van der Waals surface area (Å²) in [6.07, 6.45) is -0.846. The van der Waals surface area contributed by atoms with Crippen LogP contribution in [0.1, 0.15) is 63.4 Å². The van der Waals surface area contributed by atoms with Crippen LogP contribution in [0.5, 0.6) is 0 Å². The molecule has 3 rings (SSSR count). The second-order valence-electron chi connectivity index (χ2n) is 8.92. The van der Waals surface area contributed by atoms with E-state index in [0.29, 0.717) is 12.5 Å². The minimum absolute atomic E-state index is 0.228. The summed E-state index contributed by atoms with van der Waals surface area (Å²) in [5.41, 5.74) is 0.374. The quantitative estimate of drug-likeness (QED) is 0.697. The number of fused-ring (bicyclic) bond motifs is 1. The van der Waals surface area contributed by atoms with Crippen LogP contribution in [0.25, 0.3) is 0 Å². The molecule has 2 N–H and O–H groups in total. The summed E-state index contributed by atoms with van der Waals surface area (Å²) in [6, 6.07) is 2.24. The predicted molar refractivity (Wildman–Crippen MR) is 112 cm³/mol. The number of amides is 1. The molecular weight excluding hydrogens is 445 g/mol. The van der Waals surface area contributed by atoms with Crippen molar-refractivity contribution in [1.82, 2.24) is 19.8 Å². The molecule has 1 unspecified atom stereocenters. The molecule has 1 aliphatic carbocycles. The Balaban J connectivity index is 1.77. The number of aromatic nitrogens is 2. The molecule has 1 aromatic heterocycles. The van der Waals surface area contributed by atoms with Gasteiger partial charge in [0.15, 0.2) is 0 Å². The maximum Gasteiger partial charge on any atom is 0.417 e. The first-order valence-electron chi connectivity index (χ1n) is 10.3. The molecule has 0 aliphatic heterocycles. The van der Waals surface area contributed by atoms with Crippen LogP contribution in [0, 0.1) is 0 Å². The van der Waals surface area contributed by atoms with E-state index in [2.05, 4.69) is 15.1 Å². The van der Waals surface area contributed by atoms with E-state index in [0.717, 1.165) is 36.2 Å². The smallest absolute Gasteiger partial charge is 0.348 e. The first kappa shape index (κ1) is 24.2. The molecule has 0 radical (unpaired) electrons. The van der Waals surface area contributed by atoms with Gasteiger partial charge in [-0.15, -0.1) is 0 Å². The number of nitrogens with zero attached hydrogens (tertiary/aromatic N) is 2. The normalized spacial score (nSPS) is 18.2. The summed E-state index contributed by atoms with van der Waals surface area (Å²) in [4.78, 5) is 11.8. The van der Waals surface area contributed by atoms with E-state index >= 15 is 0 Å². The van der Waals surface area contributed by atoms with Crippen LogP contribution in [-0.4, -0.2) is 30.1 Å². The predicted octanol–water partition coefficient (Wildman–Crippen LogP) is 3.52. The molecule has 1 heterocycles. The van der Waals surface area contributed by atoms with E-state index in [9.17, 15) is 26.4 Å². The van der Waals surface area contributed by atoms with E-state index in [1.54, 1.807) is 6.20 Å². The van der Waals surface area contributed by atoms with Crippen molar-refractivity contribution >= 4 is 15.9 Å². The van der Waals surface area contributed by atoms with E-state index < -0.39 is 38.6 Å². The zero-order valence-corrected chi connectivity index (χ0v) is 19.1. The molecule has 32 heavy (non-hydrogen) atoms. The number of hydrogen-bond donors (Lipinski definition) is 2. The summed E-state index contributed by atoms with van der Waals surface area (Å²) >= 11 is 0. The van der Waals surface area contributed by atoms with Gasteiger partial charge in [0.05, 0.1) is 34.3 Å². The highest BCUT2D eigenvalue weighted by atomic mass is 32.2. The summed E-state index contributed by atoms with van der Waals surface area (Å²) in [5, 5.41) is 7.27. The second kappa shape index (κ2) is 8.51. The molecule has 2 aromatic rings. The lowest BCUT2D eigenvalue weighted by Crippen LogP contribution is -2.46. The Hall–Kier alpha value is -2.40. The van der Waals surface area contributed by atoms with Crippen LogP contribution in [0.15, 0.2) is 35.4 Å². The van der Waals surface area contributed by atoms with Crippen LogP contribution in [0.4, 0.5) is 13.2 Å². The zero-order chi connectivity index (χ0) is 23.9. The number of sulfonamides is 1. The molecule has 0 spiro atoms. The third-order valence-corrected chi connectivity index (χ3v) is 6.94. The van der Waals surface area contributed by atoms with Gasteiger partial charge in [-0.3, -0.25) is 9.48 Å². The van der Waals surface area contributed by atoms with Gasteiger partial charge in [0.2, 0.25) is 15.9 Å². The highest BCUT2D eigenvalue weighted by Gasteiger charge is 2.38. The monoisotopic (exact) mass is 472 g/mol. The number of rotatable bonds is 5. The van der Waals surface area contributed by atoms with Crippen LogP contribution in [-0.2, 0) is 33.0 Å². The van der Waals surface area contributed by atoms with Gasteiger partial charge in [-0.2, -0.15) is 23.0 Å². The molecule has 0 fully saturated rings. The van der Waals surface area contributed by atoms with Gasteiger partial charge in [0, 0.05) is 11.3 Å². The van der Waals surface area contributed by atoms with Crippen molar-refractivity contribution in [3.63, 3.8) is 0 Å². The fourth-order valence-electron chi connectivity index (χ4n) is 3.87. The Labute approximate surface area is 185 Å². The van der Waals surface area contributed by atoms with Crippen molar-refractivity contribution in [2.24, 2.45) is 0 Å². The van der Waals surface area contributed by atoms with Crippen molar-refractivity contribution in [3.8, 4) is 0 Å².